The van der Waals surface area contributed by atoms with Crippen molar-refractivity contribution in [3.8, 4) is 11.1 Å². The van der Waals surface area contributed by atoms with Crippen molar-refractivity contribution in [3.63, 3.8) is 0 Å². The Labute approximate surface area is 135 Å². The van der Waals surface area contributed by atoms with Gasteiger partial charge in [-0.2, -0.15) is 0 Å². The summed E-state index contributed by atoms with van der Waals surface area (Å²) in [5.41, 5.74) is 4.24. The number of benzene rings is 2. The van der Waals surface area contributed by atoms with Crippen LogP contribution in [0.1, 0.15) is 24.0 Å². The summed E-state index contributed by atoms with van der Waals surface area (Å²) >= 11 is 0. The monoisotopic (exact) mass is 310 g/mol. The number of amides is 1. The fourth-order valence-electron chi connectivity index (χ4n) is 3.58. The van der Waals surface area contributed by atoms with Crippen molar-refractivity contribution in [1.29, 1.82) is 0 Å². The molecular formula is C19H19FN2O. The van der Waals surface area contributed by atoms with Gasteiger partial charge in [0.05, 0.1) is 6.42 Å². The molecule has 1 saturated heterocycles. The van der Waals surface area contributed by atoms with Gasteiger partial charge in [0.1, 0.15) is 5.82 Å². The number of halogens is 1. The normalized spacial score (nSPS) is 17.3. The molecule has 2 heterocycles. The van der Waals surface area contributed by atoms with Crippen molar-refractivity contribution in [2.24, 2.45) is 0 Å². The van der Waals surface area contributed by atoms with Gasteiger partial charge in [0.15, 0.2) is 0 Å². The molecule has 0 radical (unpaired) electrons. The quantitative estimate of drug-likeness (QED) is 0.940. The van der Waals surface area contributed by atoms with E-state index in [9.17, 15) is 9.18 Å². The molecule has 0 unspecified atom stereocenters. The topological polar surface area (TPSA) is 32.3 Å². The lowest BCUT2D eigenvalue weighted by atomic mass is 9.96. The Balaban J connectivity index is 1.71. The highest BCUT2D eigenvalue weighted by atomic mass is 19.1. The summed E-state index contributed by atoms with van der Waals surface area (Å²) in [6, 6.07) is 11.0. The molecule has 0 aliphatic carbocycles. The molecule has 23 heavy (non-hydrogen) atoms. The van der Waals surface area contributed by atoms with Crippen LogP contribution in [0.2, 0.25) is 0 Å². The molecule has 3 nitrogen and oxygen atoms in total. The summed E-state index contributed by atoms with van der Waals surface area (Å²) < 4.78 is 14.4. The fraction of sp³-hybridized carbons (Fsp3) is 0.316. The Bertz CT molecular complexity index is 766. The Hall–Kier alpha value is -2.20. The van der Waals surface area contributed by atoms with Crippen LogP contribution in [0.4, 0.5) is 10.1 Å². The Morgan fingerprint density at radius 3 is 2.74 bits per heavy atom. The second-order valence-corrected chi connectivity index (χ2v) is 6.35. The second-order valence-electron chi connectivity index (χ2n) is 6.35. The van der Waals surface area contributed by atoms with Crippen molar-refractivity contribution in [2.45, 2.75) is 25.8 Å². The van der Waals surface area contributed by atoms with Crippen LogP contribution >= 0.6 is 0 Å². The van der Waals surface area contributed by atoms with E-state index in [0.717, 1.165) is 42.0 Å². The van der Waals surface area contributed by atoms with Crippen LogP contribution < -0.4 is 5.32 Å². The van der Waals surface area contributed by atoms with Gasteiger partial charge < -0.3 is 5.32 Å². The van der Waals surface area contributed by atoms with Gasteiger partial charge >= 0.3 is 0 Å². The summed E-state index contributed by atoms with van der Waals surface area (Å²) in [6.07, 6.45) is 2.81. The number of nitrogens with one attached hydrogen (secondary N) is 1. The van der Waals surface area contributed by atoms with Gasteiger partial charge in [-0.1, -0.05) is 18.2 Å². The van der Waals surface area contributed by atoms with Crippen molar-refractivity contribution in [2.75, 3.05) is 18.4 Å². The van der Waals surface area contributed by atoms with Crippen molar-refractivity contribution >= 4 is 11.6 Å². The first-order valence-corrected chi connectivity index (χ1v) is 8.13. The molecule has 1 amide bonds. The lowest BCUT2D eigenvalue weighted by molar-refractivity contribution is -0.115. The fourth-order valence-corrected chi connectivity index (χ4v) is 3.58. The van der Waals surface area contributed by atoms with Gasteiger partial charge in [0.25, 0.3) is 0 Å². The first-order valence-electron chi connectivity index (χ1n) is 8.13. The number of nitrogens with zero attached hydrogens (tertiary/aromatic N) is 1. The van der Waals surface area contributed by atoms with Gasteiger partial charge in [0, 0.05) is 17.8 Å². The Morgan fingerprint density at radius 2 is 1.91 bits per heavy atom. The molecule has 4 heteroatoms. The van der Waals surface area contributed by atoms with Crippen molar-refractivity contribution in [1.82, 2.24) is 4.90 Å². The van der Waals surface area contributed by atoms with E-state index in [1.807, 2.05) is 30.3 Å². The predicted octanol–water partition coefficient (Wildman–Crippen LogP) is 3.58. The van der Waals surface area contributed by atoms with Crippen molar-refractivity contribution < 1.29 is 9.18 Å². The van der Waals surface area contributed by atoms with E-state index >= 15 is 0 Å². The smallest absolute Gasteiger partial charge is 0.228 e. The highest BCUT2D eigenvalue weighted by Crippen LogP contribution is 2.35. The molecule has 0 saturated carbocycles. The SMILES string of the molecule is O=C1Cc2c(cccc2-c2cc(CN3CCCC3)ccc2F)N1. The van der Waals surface area contributed by atoms with E-state index in [0.29, 0.717) is 12.0 Å². The van der Waals surface area contributed by atoms with Gasteiger partial charge in [-0.15, -0.1) is 0 Å². The zero-order valence-corrected chi connectivity index (χ0v) is 12.9. The number of likely N-dealkylation sites (tertiary alicyclic amines) is 1. The molecule has 2 aliphatic rings. The van der Waals surface area contributed by atoms with Crippen LogP contribution in [0.3, 0.4) is 0 Å². The standard InChI is InChI=1S/C19H19FN2O/c20-17-7-6-13(12-22-8-1-2-9-22)10-15(17)14-4-3-5-18-16(14)11-19(23)21-18/h3-7,10H,1-2,8-9,11-12H2,(H,21,23). The molecular weight excluding hydrogens is 291 g/mol. The average Bonchev–Trinajstić information content (AvgIpc) is 3.17. The largest absolute Gasteiger partial charge is 0.326 e. The van der Waals surface area contributed by atoms with Gasteiger partial charge in [-0.3, -0.25) is 9.69 Å². The summed E-state index contributed by atoms with van der Waals surface area (Å²) in [7, 11) is 0. The number of rotatable bonds is 3. The second kappa shape index (κ2) is 5.78. The molecule has 4 rings (SSSR count). The van der Waals surface area contributed by atoms with E-state index in [1.165, 1.54) is 12.8 Å². The van der Waals surface area contributed by atoms with Crippen LogP contribution in [0.15, 0.2) is 36.4 Å². The first kappa shape index (κ1) is 14.4. The maximum Gasteiger partial charge on any atom is 0.228 e. The number of anilines is 1. The maximum atomic E-state index is 14.4. The van der Waals surface area contributed by atoms with Gasteiger partial charge in [0.2, 0.25) is 5.91 Å². The van der Waals surface area contributed by atoms with E-state index in [-0.39, 0.29) is 11.7 Å². The lowest BCUT2D eigenvalue weighted by Gasteiger charge is -2.16. The molecule has 0 aromatic heterocycles. The van der Waals surface area contributed by atoms with Crippen LogP contribution in [0.5, 0.6) is 0 Å². The molecule has 0 atom stereocenters. The molecule has 2 aromatic rings. The first-order chi connectivity index (χ1) is 11.2. The number of hydrogen-bond acceptors (Lipinski definition) is 2. The summed E-state index contributed by atoms with van der Waals surface area (Å²) in [4.78, 5) is 14.1. The third-order valence-corrected chi connectivity index (χ3v) is 4.71. The van der Waals surface area contributed by atoms with Gasteiger partial charge in [-0.05, 0) is 60.8 Å². The van der Waals surface area contributed by atoms with Crippen LogP contribution in [0, 0.1) is 5.82 Å². The third kappa shape index (κ3) is 2.75. The van der Waals surface area contributed by atoms with E-state index in [2.05, 4.69) is 10.2 Å². The molecule has 2 aliphatic heterocycles. The molecule has 118 valence electrons. The van der Waals surface area contributed by atoms with Crippen LogP contribution in [0.25, 0.3) is 11.1 Å². The van der Waals surface area contributed by atoms with E-state index in [1.54, 1.807) is 6.07 Å². The maximum absolute atomic E-state index is 14.4. The minimum atomic E-state index is -0.233. The van der Waals surface area contributed by atoms with Crippen LogP contribution in [-0.4, -0.2) is 23.9 Å². The van der Waals surface area contributed by atoms with Crippen LogP contribution in [-0.2, 0) is 17.8 Å². The highest BCUT2D eigenvalue weighted by Gasteiger charge is 2.22. The summed E-state index contributed by atoms with van der Waals surface area (Å²) in [6.45, 7) is 3.09. The number of fused-ring (bicyclic) bond motifs is 1. The van der Waals surface area contributed by atoms with Crippen molar-refractivity contribution in [3.05, 3.63) is 53.3 Å². The van der Waals surface area contributed by atoms with Gasteiger partial charge in [-0.25, -0.2) is 4.39 Å². The van der Waals surface area contributed by atoms with E-state index < -0.39 is 0 Å². The molecule has 1 N–H and O–H groups in total. The number of carbonyl (C=O) groups excluding carboxylic acids is 1. The Kier molecular flexibility index (Phi) is 3.62. The average molecular weight is 310 g/mol. The minimum absolute atomic E-state index is 0.0268. The molecule has 0 bridgehead atoms. The summed E-state index contributed by atoms with van der Waals surface area (Å²) in [5.74, 6) is -0.260. The third-order valence-electron chi connectivity index (χ3n) is 4.71. The molecule has 0 spiro atoms. The number of carbonyl (C=O) groups is 1. The molecule has 1 fully saturated rings. The predicted molar refractivity (Wildman–Crippen MR) is 88.7 cm³/mol. The number of hydrogen-bond donors (Lipinski definition) is 1. The minimum Gasteiger partial charge on any atom is -0.326 e. The highest BCUT2D eigenvalue weighted by molar-refractivity contribution is 6.01. The zero-order valence-electron chi connectivity index (χ0n) is 12.9. The zero-order chi connectivity index (χ0) is 15.8. The lowest BCUT2D eigenvalue weighted by Crippen LogP contribution is -2.18. The molecule has 2 aromatic carbocycles. The summed E-state index contributed by atoms with van der Waals surface area (Å²) in [5, 5.41) is 2.83. The van der Waals surface area contributed by atoms with E-state index in [4.69, 9.17) is 0 Å². The Morgan fingerprint density at radius 1 is 1.09 bits per heavy atom.